The third kappa shape index (κ3) is 1.73. The average molecular weight is 113 g/mol. The number of rotatable bonds is 2. The molecule has 2 N–H and O–H groups in total. The Morgan fingerprint density at radius 3 is 2.50 bits per heavy atom. The van der Waals surface area contributed by atoms with Gasteiger partial charge in [-0.1, -0.05) is 6.58 Å². The normalized spacial score (nSPS) is 12.1. The van der Waals surface area contributed by atoms with Crippen molar-refractivity contribution < 1.29 is 10.2 Å². The van der Waals surface area contributed by atoms with E-state index in [4.69, 9.17) is 15.5 Å². The summed E-state index contributed by atoms with van der Waals surface area (Å²) in [6.45, 7) is 2.88. The van der Waals surface area contributed by atoms with E-state index in [-0.39, 0.29) is 12.2 Å². The van der Waals surface area contributed by atoms with E-state index in [9.17, 15) is 0 Å². The lowest BCUT2D eigenvalue weighted by Crippen LogP contribution is -2.08. The second kappa shape index (κ2) is 3.19. The maximum Gasteiger partial charge on any atom is 0.163 e. The Balaban J connectivity index is 3.68. The van der Waals surface area contributed by atoms with Gasteiger partial charge in [0, 0.05) is 0 Å². The van der Waals surface area contributed by atoms with E-state index >= 15 is 0 Å². The Hall–Kier alpha value is -0.850. The minimum Gasteiger partial charge on any atom is -0.392 e. The number of nitrogens with zero attached hydrogens (tertiary/aromatic N) is 1. The summed E-state index contributed by atoms with van der Waals surface area (Å²) < 4.78 is 0. The molecule has 0 heterocycles. The van der Waals surface area contributed by atoms with Crippen LogP contribution in [0.15, 0.2) is 12.2 Å². The highest BCUT2D eigenvalue weighted by molar-refractivity contribution is 5.11. The second-order valence-corrected chi connectivity index (χ2v) is 1.35. The highest BCUT2D eigenvalue weighted by Gasteiger charge is 2.02. The molecule has 3 nitrogen and oxygen atoms in total. The van der Waals surface area contributed by atoms with Crippen LogP contribution in [0.25, 0.3) is 0 Å². The number of nitriles is 1. The molecule has 0 fully saturated rings. The molecular formula is C5H7NO2. The Kier molecular flexibility index (Phi) is 2.85. The summed E-state index contributed by atoms with van der Waals surface area (Å²) >= 11 is 0. The van der Waals surface area contributed by atoms with Gasteiger partial charge in [0.25, 0.3) is 0 Å². The lowest BCUT2D eigenvalue weighted by atomic mass is 10.2. The Morgan fingerprint density at radius 2 is 2.38 bits per heavy atom. The van der Waals surface area contributed by atoms with Crippen molar-refractivity contribution in [1.29, 1.82) is 5.26 Å². The van der Waals surface area contributed by atoms with Crippen LogP contribution in [0, 0.1) is 11.3 Å². The van der Waals surface area contributed by atoms with Gasteiger partial charge in [0.15, 0.2) is 6.10 Å². The monoisotopic (exact) mass is 113 g/mol. The molecule has 0 amide bonds. The van der Waals surface area contributed by atoms with Gasteiger partial charge in [0.05, 0.1) is 12.7 Å². The van der Waals surface area contributed by atoms with Gasteiger partial charge in [-0.05, 0) is 5.57 Å². The molecule has 0 spiro atoms. The first-order chi connectivity index (χ1) is 3.72. The fourth-order valence-electron chi connectivity index (χ4n) is 0.178. The standard InChI is InChI=1S/C5H7NO2/c1-4(3-7)5(8)2-6/h5,7-8H,1,3H2/t5-/m1/s1. The molecule has 0 aliphatic carbocycles. The maximum absolute atomic E-state index is 8.51. The number of hydrogen-bond donors (Lipinski definition) is 2. The molecule has 0 rings (SSSR count). The summed E-state index contributed by atoms with van der Waals surface area (Å²) in [5.41, 5.74) is 0.132. The summed E-state index contributed by atoms with van der Waals surface area (Å²) in [5, 5.41) is 24.7. The van der Waals surface area contributed by atoms with E-state index in [1.54, 1.807) is 0 Å². The van der Waals surface area contributed by atoms with Crippen LogP contribution in [-0.2, 0) is 0 Å². The zero-order valence-electron chi connectivity index (χ0n) is 4.33. The molecule has 0 aromatic carbocycles. The van der Waals surface area contributed by atoms with Gasteiger partial charge in [-0.2, -0.15) is 5.26 Å². The predicted octanol–water partition coefficient (Wildman–Crippen LogP) is -0.581. The smallest absolute Gasteiger partial charge is 0.163 e. The predicted molar refractivity (Wildman–Crippen MR) is 27.8 cm³/mol. The first kappa shape index (κ1) is 7.15. The van der Waals surface area contributed by atoms with Crippen molar-refractivity contribution in [1.82, 2.24) is 0 Å². The van der Waals surface area contributed by atoms with E-state index in [2.05, 4.69) is 6.58 Å². The van der Waals surface area contributed by atoms with Crippen molar-refractivity contribution in [2.24, 2.45) is 0 Å². The molecule has 0 radical (unpaired) electrons. The van der Waals surface area contributed by atoms with Gasteiger partial charge in [0.2, 0.25) is 0 Å². The molecule has 0 aromatic rings. The van der Waals surface area contributed by atoms with Crippen LogP contribution in [0.1, 0.15) is 0 Å². The molecule has 0 saturated carbocycles. The van der Waals surface area contributed by atoms with E-state index in [0.717, 1.165) is 0 Å². The summed E-state index contributed by atoms with van der Waals surface area (Å²) in [7, 11) is 0. The highest BCUT2D eigenvalue weighted by atomic mass is 16.3. The Bertz CT molecular complexity index is 125. The van der Waals surface area contributed by atoms with Crippen molar-refractivity contribution in [2.45, 2.75) is 6.10 Å². The third-order valence-corrected chi connectivity index (χ3v) is 0.712. The van der Waals surface area contributed by atoms with Crippen LogP contribution >= 0.6 is 0 Å². The molecule has 44 valence electrons. The number of aliphatic hydroxyl groups is 2. The topological polar surface area (TPSA) is 64.2 Å². The van der Waals surface area contributed by atoms with E-state index in [1.165, 1.54) is 6.07 Å². The van der Waals surface area contributed by atoms with Crippen LogP contribution in [0.5, 0.6) is 0 Å². The largest absolute Gasteiger partial charge is 0.392 e. The van der Waals surface area contributed by atoms with Gasteiger partial charge in [-0.15, -0.1) is 0 Å². The third-order valence-electron chi connectivity index (χ3n) is 0.712. The zero-order valence-corrected chi connectivity index (χ0v) is 4.33. The zero-order chi connectivity index (χ0) is 6.57. The van der Waals surface area contributed by atoms with Crippen LogP contribution in [-0.4, -0.2) is 22.9 Å². The highest BCUT2D eigenvalue weighted by Crippen LogP contribution is 1.93. The minimum atomic E-state index is -1.22. The molecule has 3 heteroatoms. The minimum absolute atomic E-state index is 0.132. The van der Waals surface area contributed by atoms with Crippen LogP contribution < -0.4 is 0 Å². The van der Waals surface area contributed by atoms with E-state index in [0.29, 0.717) is 0 Å². The second-order valence-electron chi connectivity index (χ2n) is 1.35. The maximum atomic E-state index is 8.51. The number of hydrogen-bond acceptors (Lipinski definition) is 3. The summed E-state index contributed by atoms with van der Waals surface area (Å²) in [5.74, 6) is 0. The van der Waals surface area contributed by atoms with Crippen molar-refractivity contribution in [2.75, 3.05) is 6.61 Å². The first-order valence-electron chi connectivity index (χ1n) is 2.08. The van der Waals surface area contributed by atoms with Gasteiger partial charge < -0.3 is 10.2 Å². The van der Waals surface area contributed by atoms with Crippen LogP contribution in [0.3, 0.4) is 0 Å². The molecule has 0 bridgehead atoms. The molecule has 0 aliphatic heterocycles. The lowest BCUT2D eigenvalue weighted by Gasteiger charge is -1.98. The van der Waals surface area contributed by atoms with Crippen LogP contribution in [0.4, 0.5) is 0 Å². The fourth-order valence-corrected chi connectivity index (χ4v) is 0.178. The summed E-state index contributed by atoms with van der Waals surface area (Å²) in [4.78, 5) is 0. The van der Waals surface area contributed by atoms with Crippen molar-refractivity contribution in [3.8, 4) is 6.07 Å². The lowest BCUT2D eigenvalue weighted by molar-refractivity contribution is 0.233. The fraction of sp³-hybridized carbons (Fsp3) is 0.400. The number of aliphatic hydroxyl groups excluding tert-OH is 2. The van der Waals surface area contributed by atoms with E-state index < -0.39 is 6.10 Å². The van der Waals surface area contributed by atoms with Gasteiger partial charge >= 0.3 is 0 Å². The van der Waals surface area contributed by atoms with Gasteiger partial charge in [-0.25, -0.2) is 0 Å². The van der Waals surface area contributed by atoms with Crippen LogP contribution in [0.2, 0.25) is 0 Å². The van der Waals surface area contributed by atoms with Gasteiger partial charge in [-0.3, -0.25) is 0 Å². The summed E-state index contributed by atoms with van der Waals surface area (Å²) in [6.07, 6.45) is -1.22. The molecular weight excluding hydrogens is 106 g/mol. The van der Waals surface area contributed by atoms with Gasteiger partial charge in [0.1, 0.15) is 0 Å². The van der Waals surface area contributed by atoms with Crippen molar-refractivity contribution >= 4 is 0 Å². The molecule has 0 aromatic heterocycles. The van der Waals surface area contributed by atoms with Crippen molar-refractivity contribution in [3.05, 3.63) is 12.2 Å². The molecule has 1 atom stereocenters. The molecule has 0 aliphatic rings. The molecule has 0 saturated heterocycles. The Morgan fingerprint density at radius 1 is 1.88 bits per heavy atom. The quantitative estimate of drug-likeness (QED) is 0.372. The van der Waals surface area contributed by atoms with E-state index in [1.807, 2.05) is 0 Å². The van der Waals surface area contributed by atoms with Crippen molar-refractivity contribution in [3.63, 3.8) is 0 Å². The molecule has 8 heavy (non-hydrogen) atoms. The Labute approximate surface area is 47.5 Å². The first-order valence-corrected chi connectivity index (χ1v) is 2.08. The SMILES string of the molecule is C=C(CO)[C@H](O)C#N. The molecule has 0 unspecified atom stereocenters. The average Bonchev–Trinajstić information content (AvgIpc) is 1.84. The summed E-state index contributed by atoms with van der Waals surface area (Å²) in [6, 6.07) is 1.51.